The highest BCUT2D eigenvalue weighted by atomic mass is 32.2. The maximum Gasteiger partial charge on any atom is 0.240 e. The lowest BCUT2D eigenvalue weighted by Gasteiger charge is -2.19. The van der Waals surface area contributed by atoms with E-state index in [-0.39, 0.29) is 4.90 Å². The van der Waals surface area contributed by atoms with Crippen molar-refractivity contribution in [3.63, 3.8) is 0 Å². The molecule has 23 heavy (non-hydrogen) atoms. The number of hydrogen-bond donors (Lipinski definition) is 1. The fourth-order valence-corrected chi connectivity index (χ4v) is 3.34. The molecular formula is C15H18N4O3S. The molecule has 0 saturated carbocycles. The zero-order chi connectivity index (χ0) is 16.4. The number of sulfonamides is 1. The van der Waals surface area contributed by atoms with Crippen LogP contribution in [0.15, 0.2) is 35.5 Å². The van der Waals surface area contributed by atoms with E-state index in [1.54, 1.807) is 18.2 Å². The maximum atomic E-state index is 12.0. The van der Waals surface area contributed by atoms with Gasteiger partial charge in [-0.15, -0.1) is 0 Å². The molecule has 1 N–H and O–H groups in total. The van der Waals surface area contributed by atoms with E-state index in [2.05, 4.69) is 14.7 Å². The van der Waals surface area contributed by atoms with Gasteiger partial charge in [-0.3, -0.25) is 0 Å². The second kappa shape index (κ2) is 6.13. The Balaban J connectivity index is 2.01. The fraction of sp³-hybridized carbons (Fsp3) is 0.333. The lowest BCUT2D eigenvalue weighted by atomic mass is 10.2. The highest BCUT2D eigenvalue weighted by molar-refractivity contribution is 7.89. The van der Waals surface area contributed by atoms with Crippen LogP contribution in [-0.4, -0.2) is 38.6 Å². The summed E-state index contributed by atoms with van der Waals surface area (Å²) >= 11 is 0. The standard InChI is InChI=1S/C15H18N4O3S/c1-3-22-15-9-14(17-10-18-15)19-7-6-11-4-5-12(8-13(11)19)23(20,21)16-2/h4-5,8-10,16H,3,6-7H2,1-2H3. The molecule has 1 aromatic carbocycles. The van der Waals surface area contributed by atoms with Crippen LogP contribution in [0.4, 0.5) is 11.5 Å². The van der Waals surface area contributed by atoms with E-state index in [9.17, 15) is 8.42 Å². The Morgan fingerprint density at radius 1 is 1.30 bits per heavy atom. The highest BCUT2D eigenvalue weighted by Gasteiger charge is 2.24. The molecule has 2 heterocycles. The van der Waals surface area contributed by atoms with Crippen molar-refractivity contribution >= 4 is 21.5 Å². The lowest BCUT2D eigenvalue weighted by molar-refractivity contribution is 0.326. The van der Waals surface area contributed by atoms with Crippen molar-refractivity contribution in [3.8, 4) is 5.88 Å². The summed E-state index contributed by atoms with van der Waals surface area (Å²) in [7, 11) is -2.07. The highest BCUT2D eigenvalue weighted by Crippen LogP contribution is 2.35. The van der Waals surface area contributed by atoms with Crippen LogP contribution in [-0.2, 0) is 16.4 Å². The molecule has 0 amide bonds. The number of rotatable bonds is 5. The average Bonchev–Trinajstić information content (AvgIpc) is 2.98. The minimum Gasteiger partial charge on any atom is -0.478 e. The molecule has 1 aromatic heterocycles. The number of nitrogens with zero attached hydrogens (tertiary/aromatic N) is 3. The van der Waals surface area contributed by atoms with Gasteiger partial charge in [-0.2, -0.15) is 0 Å². The van der Waals surface area contributed by atoms with Gasteiger partial charge in [0, 0.05) is 18.3 Å². The Bertz CT molecular complexity index is 823. The first kappa shape index (κ1) is 15.7. The molecule has 2 aromatic rings. The Kier molecular flexibility index (Phi) is 4.18. The molecule has 1 aliphatic heterocycles. The normalized spacial score (nSPS) is 13.9. The van der Waals surface area contributed by atoms with E-state index in [0.717, 1.165) is 24.2 Å². The summed E-state index contributed by atoms with van der Waals surface area (Å²) in [5.41, 5.74) is 1.94. The van der Waals surface area contributed by atoms with E-state index < -0.39 is 10.0 Å². The van der Waals surface area contributed by atoms with Crippen LogP contribution in [0.3, 0.4) is 0 Å². The van der Waals surface area contributed by atoms with Gasteiger partial charge in [0.25, 0.3) is 0 Å². The molecule has 122 valence electrons. The number of hydrogen-bond acceptors (Lipinski definition) is 6. The third-order valence-electron chi connectivity index (χ3n) is 3.73. The average molecular weight is 334 g/mol. The summed E-state index contributed by atoms with van der Waals surface area (Å²) in [4.78, 5) is 10.6. The zero-order valence-corrected chi connectivity index (χ0v) is 13.8. The fourth-order valence-electron chi connectivity index (χ4n) is 2.59. The predicted octanol–water partition coefficient (Wildman–Crippen LogP) is 1.48. The Morgan fingerprint density at radius 2 is 2.13 bits per heavy atom. The number of aromatic nitrogens is 2. The summed E-state index contributed by atoms with van der Waals surface area (Å²) in [5, 5.41) is 0. The molecule has 7 nitrogen and oxygen atoms in total. The third-order valence-corrected chi connectivity index (χ3v) is 5.14. The summed E-state index contributed by atoms with van der Waals surface area (Å²) < 4.78 is 31.8. The summed E-state index contributed by atoms with van der Waals surface area (Å²) in [6.07, 6.45) is 2.29. The van der Waals surface area contributed by atoms with E-state index in [1.165, 1.54) is 13.4 Å². The molecule has 1 aliphatic rings. The Labute approximate surface area is 135 Å². The summed E-state index contributed by atoms with van der Waals surface area (Å²) in [6.45, 7) is 3.15. The zero-order valence-electron chi connectivity index (χ0n) is 13.0. The molecule has 0 unspecified atom stereocenters. The second-order valence-corrected chi connectivity index (χ2v) is 6.93. The van der Waals surface area contributed by atoms with Crippen LogP contribution < -0.4 is 14.4 Å². The molecular weight excluding hydrogens is 316 g/mol. The minimum atomic E-state index is -3.48. The maximum absolute atomic E-state index is 12.0. The summed E-state index contributed by atoms with van der Waals surface area (Å²) in [6, 6.07) is 6.92. The molecule has 0 aliphatic carbocycles. The van der Waals surface area contributed by atoms with Gasteiger partial charge in [-0.25, -0.2) is 23.1 Å². The van der Waals surface area contributed by atoms with Crippen molar-refractivity contribution < 1.29 is 13.2 Å². The number of nitrogens with one attached hydrogen (secondary N) is 1. The molecule has 8 heteroatoms. The van der Waals surface area contributed by atoms with Crippen molar-refractivity contribution in [3.05, 3.63) is 36.2 Å². The van der Waals surface area contributed by atoms with E-state index in [1.807, 2.05) is 17.9 Å². The van der Waals surface area contributed by atoms with Crippen LogP contribution in [0.1, 0.15) is 12.5 Å². The molecule has 0 atom stereocenters. The Morgan fingerprint density at radius 3 is 2.87 bits per heavy atom. The third kappa shape index (κ3) is 2.99. The van der Waals surface area contributed by atoms with Gasteiger partial charge in [0.15, 0.2) is 0 Å². The van der Waals surface area contributed by atoms with Gasteiger partial charge in [0.1, 0.15) is 12.1 Å². The topological polar surface area (TPSA) is 84.4 Å². The molecule has 0 fully saturated rings. The minimum absolute atomic E-state index is 0.240. The van der Waals surface area contributed by atoms with Gasteiger partial charge in [-0.05, 0) is 38.1 Å². The molecule has 0 bridgehead atoms. The molecule has 0 radical (unpaired) electrons. The van der Waals surface area contributed by atoms with Crippen molar-refractivity contribution in [2.45, 2.75) is 18.2 Å². The van der Waals surface area contributed by atoms with Gasteiger partial charge in [0.2, 0.25) is 15.9 Å². The van der Waals surface area contributed by atoms with E-state index >= 15 is 0 Å². The summed E-state index contributed by atoms with van der Waals surface area (Å²) in [5.74, 6) is 1.20. The van der Waals surface area contributed by atoms with Crippen LogP contribution in [0.5, 0.6) is 5.88 Å². The van der Waals surface area contributed by atoms with Crippen LogP contribution >= 0.6 is 0 Å². The van der Waals surface area contributed by atoms with E-state index in [4.69, 9.17) is 4.74 Å². The van der Waals surface area contributed by atoms with Gasteiger partial charge < -0.3 is 9.64 Å². The van der Waals surface area contributed by atoms with Crippen molar-refractivity contribution in [1.82, 2.24) is 14.7 Å². The first-order chi connectivity index (χ1) is 11.0. The SMILES string of the molecule is CCOc1cc(N2CCc3ccc(S(=O)(=O)NC)cc32)ncn1. The lowest BCUT2D eigenvalue weighted by Crippen LogP contribution is -2.19. The molecule has 3 rings (SSSR count). The quantitative estimate of drug-likeness (QED) is 0.891. The van der Waals surface area contributed by atoms with Crippen LogP contribution in [0.25, 0.3) is 0 Å². The Hall–Kier alpha value is -2.19. The number of benzene rings is 1. The van der Waals surface area contributed by atoms with Crippen molar-refractivity contribution in [2.24, 2.45) is 0 Å². The number of anilines is 2. The van der Waals surface area contributed by atoms with Crippen LogP contribution in [0, 0.1) is 0 Å². The predicted molar refractivity (Wildman–Crippen MR) is 86.6 cm³/mol. The van der Waals surface area contributed by atoms with E-state index in [0.29, 0.717) is 18.3 Å². The first-order valence-electron chi connectivity index (χ1n) is 7.34. The number of ether oxygens (including phenoxy) is 1. The molecule has 0 spiro atoms. The second-order valence-electron chi connectivity index (χ2n) is 5.05. The van der Waals surface area contributed by atoms with Gasteiger partial charge in [0.05, 0.1) is 11.5 Å². The smallest absolute Gasteiger partial charge is 0.240 e. The van der Waals surface area contributed by atoms with Crippen molar-refractivity contribution in [2.75, 3.05) is 25.1 Å². The van der Waals surface area contributed by atoms with Crippen molar-refractivity contribution in [1.29, 1.82) is 0 Å². The monoisotopic (exact) mass is 334 g/mol. The number of fused-ring (bicyclic) bond motifs is 1. The van der Waals surface area contributed by atoms with Gasteiger partial charge >= 0.3 is 0 Å². The van der Waals surface area contributed by atoms with Gasteiger partial charge in [-0.1, -0.05) is 6.07 Å². The first-order valence-corrected chi connectivity index (χ1v) is 8.82. The molecule has 0 saturated heterocycles. The largest absolute Gasteiger partial charge is 0.478 e. The van der Waals surface area contributed by atoms with Crippen LogP contribution in [0.2, 0.25) is 0 Å².